The Labute approximate surface area is 107 Å². The van der Waals surface area contributed by atoms with E-state index in [-0.39, 0.29) is 23.9 Å². The van der Waals surface area contributed by atoms with Crippen LogP contribution in [0.3, 0.4) is 0 Å². The van der Waals surface area contributed by atoms with Gasteiger partial charge in [-0.1, -0.05) is 0 Å². The van der Waals surface area contributed by atoms with Crippen molar-refractivity contribution in [2.45, 2.75) is 43.7 Å². The van der Waals surface area contributed by atoms with Gasteiger partial charge in [0.15, 0.2) is 6.29 Å². The van der Waals surface area contributed by atoms with Crippen LogP contribution in [0, 0.1) is 5.92 Å². The van der Waals surface area contributed by atoms with Crippen LogP contribution in [0.25, 0.3) is 0 Å². The van der Waals surface area contributed by atoms with E-state index in [0.29, 0.717) is 26.2 Å². The highest BCUT2D eigenvalue weighted by molar-refractivity contribution is 4.92. The second kappa shape index (κ2) is 5.43. The maximum absolute atomic E-state index is 10.3. The highest BCUT2D eigenvalue weighted by Gasteiger charge is 2.43. The van der Waals surface area contributed by atoms with Gasteiger partial charge in [-0.2, -0.15) is 0 Å². The molecule has 0 aliphatic carbocycles. The van der Waals surface area contributed by atoms with Crippen LogP contribution in [0.5, 0.6) is 0 Å². The summed E-state index contributed by atoms with van der Waals surface area (Å²) in [5.41, 5.74) is -0.138. The Bertz CT molecular complexity index is 271. The molecule has 3 unspecified atom stereocenters. The molecule has 1 spiro atoms. The van der Waals surface area contributed by atoms with Crippen LogP contribution in [0.1, 0.15) is 25.7 Å². The highest BCUT2D eigenvalue weighted by Crippen LogP contribution is 2.38. The zero-order chi connectivity index (χ0) is 12.4. The zero-order valence-corrected chi connectivity index (χ0v) is 10.7. The van der Waals surface area contributed by atoms with Gasteiger partial charge in [0, 0.05) is 26.1 Å². The number of aliphatic hydroxyl groups excluding tert-OH is 1. The van der Waals surface area contributed by atoms with Crippen molar-refractivity contribution in [2.24, 2.45) is 5.92 Å². The first-order chi connectivity index (χ1) is 8.77. The lowest BCUT2D eigenvalue weighted by Crippen LogP contribution is -2.44. The smallest absolute Gasteiger partial charge is 0.160 e. The third-order valence-corrected chi connectivity index (χ3v) is 4.27. The average Bonchev–Trinajstić information content (AvgIpc) is 3.02. The van der Waals surface area contributed by atoms with Crippen molar-refractivity contribution in [2.75, 3.05) is 33.0 Å². The molecule has 3 aliphatic heterocycles. The Morgan fingerprint density at radius 2 is 2.00 bits per heavy atom. The lowest BCUT2D eigenvalue weighted by atomic mass is 9.81. The molecule has 3 heterocycles. The summed E-state index contributed by atoms with van der Waals surface area (Å²) in [7, 11) is 0. The van der Waals surface area contributed by atoms with Gasteiger partial charge < -0.3 is 24.1 Å². The number of rotatable bonds is 3. The van der Waals surface area contributed by atoms with Gasteiger partial charge in [-0.05, 0) is 18.8 Å². The van der Waals surface area contributed by atoms with E-state index in [2.05, 4.69) is 0 Å². The summed E-state index contributed by atoms with van der Waals surface area (Å²) in [6.07, 6.45) is 2.73. The lowest BCUT2D eigenvalue weighted by Gasteiger charge is -2.39. The lowest BCUT2D eigenvalue weighted by molar-refractivity contribution is -0.132. The van der Waals surface area contributed by atoms with Gasteiger partial charge in [0.1, 0.15) is 0 Å². The molecule has 5 nitrogen and oxygen atoms in total. The maximum atomic E-state index is 10.3. The van der Waals surface area contributed by atoms with E-state index in [1.807, 2.05) is 0 Å². The van der Waals surface area contributed by atoms with E-state index >= 15 is 0 Å². The van der Waals surface area contributed by atoms with Gasteiger partial charge in [0.25, 0.3) is 0 Å². The largest absolute Gasteiger partial charge is 0.393 e. The second-order valence-corrected chi connectivity index (χ2v) is 5.56. The molecule has 3 saturated heterocycles. The van der Waals surface area contributed by atoms with Crippen molar-refractivity contribution in [1.29, 1.82) is 0 Å². The Morgan fingerprint density at radius 3 is 2.72 bits per heavy atom. The van der Waals surface area contributed by atoms with Crippen LogP contribution >= 0.6 is 0 Å². The summed E-state index contributed by atoms with van der Waals surface area (Å²) >= 11 is 0. The van der Waals surface area contributed by atoms with E-state index in [1.54, 1.807) is 0 Å². The van der Waals surface area contributed by atoms with Crippen LogP contribution < -0.4 is 0 Å². The molecule has 18 heavy (non-hydrogen) atoms. The minimum absolute atomic E-state index is 0.138. The molecular weight excluding hydrogens is 236 g/mol. The van der Waals surface area contributed by atoms with Gasteiger partial charge in [-0.25, -0.2) is 0 Å². The van der Waals surface area contributed by atoms with Crippen LogP contribution in [0.4, 0.5) is 0 Å². The van der Waals surface area contributed by atoms with E-state index in [0.717, 1.165) is 32.5 Å². The molecular formula is C13H22O5. The van der Waals surface area contributed by atoms with Gasteiger partial charge in [0.2, 0.25) is 0 Å². The fourth-order valence-corrected chi connectivity index (χ4v) is 3.19. The maximum Gasteiger partial charge on any atom is 0.160 e. The number of hydrogen-bond acceptors (Lipinski definition) is 5. The fraction of sp³-hybridized carbons (Fsp3) is 1.00. The van der Waals surface area contributed by atoms with Gasteiger partial charge in [-0.15, -0.1) is 0 Å². The molecule has 1 N–H and O–H groups in total. The quantitative estimate of drug-likeness (QED) is 0.807. The monoisotopic (exact) mass is 258 g/mol. The highest BCUT2D eigenvalue weighted by atomic mass is 16.7. The first kappa shape index (κ1) is 12.8. The summed E-state index contributed by atoms with van der Waals surface area (Å²) in [5.74, 6) is 0.272. The second-order valence-electron chi connectivity index (χ2n) is 5.56. The number of ether oxygens (including phenoxy) is 4. The standard InChI is InChI=1S/C13H22O5/c14-11(7-12-16-5-6-17-12)10-1-3-18-13(8-10)2-4-15-9-13/h10-12,14H,1-9H2. The van der Waals surface area contributed by atoms with Crippen molar-refractivity contribution in [1.82, 2.24) is 0 Å². The van der Waals surface area contributed by atoms with Crippen LogP contribution in [-0.2, 0) is 18.9 Å². The topological polar surface area (TPSA) is 57.2 Å². The number of aliphatic hydroxyl groups is 1. The molecule has 0 bridgehead atoms. The van der Waals surface area contributed by atoms with Crippen molar-refractivity contribution in [3.05, 3.63) is 0 Å². The molecule has 0 amide bonds. The summed E-state index contributed by atoms with van der Waals surface area (Å²) < 4.78 is 22.1. The Morgan fingerprint density at radius 1 is 1.17 bits per heavy atom. The van der Waals surface area contributed by atoms with Crippen LogP contribution in [0.2, 0.25) is 0 Å². The Balaban J connectivity index is 1.54. The first-order valence-electron chi connectivity index (χ1n) is 6.90. The average molecular weight is 258 g/mol. The molecule has 0 aromatic carbocycles. The third kappa shape index (κ3) is 2.70. The first-order valence-corrected chi connectivity index (χ1v) is 6.90. The predicted octanol–water partition coefficient (Wildman–Crippen LogP) is 0.696. The van der Waals surface area contributed by atoms with E-state index in [9.17, 15) is 5.11 Å². The van der Waals surface area contributed by atoms with Crippen molar-refractivity contribution in [3.8, 4) is 0 Å². The molecule has 0 radical (unpaired) electrons. The molecule has 3 aliphatic rings. The van der Waals surface area contributed by atoms with E-state index in [1.165, 1.54) is 0 Å². The summed E-state index contributed by atoms with van der Waals surface area (Å²) in [5, 5.41) is 10.3. The molecule has 0 saturated carbocycles. The van der Waals surface area contributed by atoms with Crippen molar-refractivity contribution >= 4 is 0 Å². The van der Waals surface area contributed by atoms with Crippen molar-refractivity contribution in [3.63, 3.8) is 0 Å². The van der Waals surface area contributed by atoms with E-state index in [4.69, 9.17) is 18.9 Å². The third-order valence-electron chi connectivity index (χ3n) is 4.27. The predicted molar refractivity (Wildman–Crippen MR) is 63.2 cm³/mol. The van der Waals surface area contributed by atoms with Crippen molar-refractivity contribution < 1.29 is 24.1 Å². The summed E-state index contributed by atoms with van der Waals surface area (Å²) in [6.45, 7) is 3.45. The Hall–Kier alpha value is -0.200. The minimum Gasteiger partial charge on any atom is -0.393 e. The summed E-state index contributed by atoms with van der Waals surface area (Å²) in [6, 6.07) is 0. The molecule has 3 atom stereocenters. The molecule has 104 valence electrons. The van der Waals surface area contributed by atoms with E-state index < -0.39 is 0 Å². The number of hydrogen-bond donors (Lipinski definition) is 1. The Kier molecular flexibility index (Phi) is 3.86. The SMILES string of the molecule is OC(CC1OCCO1)C1CCOC2(CCOC2)C1. The van der Waals surface area contributed by atoms with Gasteiger partial charge in [0.05, 0.1) is 31.5 Å². The zero-order valence-electron chi connectivity index (χ0n) is 10.7. The van der Waals surface area contributed by atoms with Crippen LogP contribution in [-0.4, -0.2) is 56.1 Å². The molecule has 5 heteroatoms. The van der Waals surface area contributed by atoms with Gasteiger partial charge in [-0.3, -0.25) is 0 Å². The molecule has 3 fully saturated rings. The summed E-state index contributed by atoms with van der Waals surface area (Å²) in [4.78, 5) is 0. The van der Waals surface area contributed by atoms with Gasteiger partial charge >= 0.3 is 0 Å². The molecule has 0 aromatic heterocycles. The molecule has 0 aromatic rings. The normalized spacial score (nSPS) is 39.5. The van der Waals surface area contributed by atoms with Crippen LogP contribution in [0.15, 0.2) is 0 Å². The fourth-order valence-electron chi connectivity index (χ4n) is 3.19. The molecule has 3 rings (SSSR count). The minimum atomic E-state index is -0.366.